The first-order valence-electron chi connectivity index (χ1n) is 6.77. The predicted octanol–water partition coefficient (Wildman–Crippen LogP) is 3.81. The summed E-state index contributed by atoms with van der Waals surface area (Å²) in [5.41, 5.74) is -0.455. The molecule has 0 spiro atoms. The molecule has 2 N–H and O–H groups in total. The van der Waals surface area contributed by atoms with Crippen molar-refractivity contribution in [1.82, 2.24) is 4.90 Å². The number of halogens is 2. The smallest absolute Gasteiger partial charge is 0.344 e. The van der Waals surface area contributed by atoms with E-state index in [1.54, 1.807) is 44.1 Å². The summed E-state index contributed by atoms with van der Waals surface area (Å²) in [5, 5.41) is 18.9. The summed E-state index contributed by atoms with van der Waals surface area (Å²) in [6, 6.07) is 4.72. The summed E-state index contributed by atoms with van der Waals surface area (Å²) >= 11 is 12.1. The quantitative estimate of drug-likeness (QED) is 0.267. The van der Waals surface area contributed by atoms with Crippen LogP contribution in [-0.4, -0.2) is 42.4 Å². The maximum absolute atomic E-state index is 12.2. The average molecular weight is 357 g/mol. The van der Waals surface area contributed by atoms with E-state index in [1.807, 2.05) is 0 Å². The van der Waals surface area contributed by atoms with Gasteiger partial charge in [-0.3, -0.25) is 5.41 Å². The predicted molar refractivity (Wildman–Crippen MR) is 92.4 cm³/mol. The van der Waals surface area contributed by atoms with Gasteiger partial charge < -0.3 is 14.7 Å². The molecule has 0 saturated heterocycles. The maximum atomic E-state index is 12.2. The zero-order valence-electron chi connectivity index (χ0n) is 13.1. The van der Waals surface area contributed by atoms with Gasteiger partial charge in [0, 0.05) is 25.9 Å². The number of allylic oxidation sites excluding steroid dienone is 1. The Balaban J connectivity index is 3.43. The third-order valence-electron chi connectivity index (χ3n) is 2.73. The lowest BCUT2D eigenvalue weighted by molar-refractivity contribution is -0.138. The van der Waals surface area contributed by atoms with E-state index in [4.69, 9.17) is 33.3 Å². The maximum Gasteiger partial charge on any atom is 0.344 e. The van der Waals surface area contributed by atoms with Crippen LogP contribution in [0.5, 0.6) is 0 Å². The lowest BCUT2D eigenvalue weighted by Gasteiger charge is -2.13. The van der Waals surface area contributed by atoms with Crippen LogP contribution in [0.4, 0.5) is 0 Å². The average Bonchev–Trinajstić information content (AvgIpc) is 2.45. The van der Waals surface area contributed by atoms with E-state index in [-0.39, 0.29) is 33.5 Å². The number of nitrogens with zero attached hydrogens (tertiary/aromatic N) is 1. The minimum absolute atomic E-state index is 0.108. The lowest BCUT2D eigenvalue weighted by atomic mass is 10.0. The summed E-state index contributed by atoms with van der Waals surface area (Å²) in [6.45, 7) is 1.74. The van der Waals surface area contributed by atoms with Gasteiger partial charge in [-0.25, -0.2) is 4.79 Å². The van der Waals surface area contributed by atoms with E-state index in [0.717, 1.165) is 0 Å². The number of benzene rings is 1. The van der Waals surface area contributed by atoms with Crippen molar-refractivity contribution in [2.45, 2.75) is 6.92 Å². The zero-order chi connectivity index (χ0) is 17.6. The summed E-state index contributed by atoms with van der Waals surface area (Å²) in [6.07, 6.45) is 2.83. The Hall–Kier alpha value is -1.98. The SMILES string of the molecule is CCOC(=O)/C(C(=N)c1c(Cl)cccc1Cl)=C(O)\C=C\N(C)C. The highest BCUT2D eigenvalue weighted by Gasteiger charge is 2.25. The number of ether oxygens (including phenoxy) is 1. The number of nitrogens with one attached hydrogen (secondary N) is 1. The molecule has 0 aliphatic carbocycles. The van der Waals surface area contributed by atoms with Gasteiger partial charge in [0.1, 0.15) is 11.3 Å². The number of aliphatic hydroxyl groups is 1. The molecule has 124 valence electrons. The number of carbonyl (C=O) groups excluding carboxylic acids is 1. The van der Waals surface area contributed by atoms with Gasteiger partial charge in [-0.1, -0.05) is 29.3 Å². The van der Waals surface area contributed by atoms with Crippen LogP contribution >= 0.6 is 23.2 Å². The molecule has 0 radical (unpaired) electrons. The molecule has 1 aromatic carbocycles. The van der Waals surface area contributed by atoms with Gasteiger partial charge in [-0.15, -0.1) is 0 Å². The van der Waals surface area contributed by atoms with Gasteiger partial charge in [-0.05, 0) is 25.1 Å². The number of rotatable bonds is 6. The van der Waals surface area contributed by atoms with E-state index in [1.165, 1.54) is 12.3 Å². The molecule has 0 aromatic heterocycles. The molecule has 0 aliphatic heterocycles. The van der Waals surface area contributed by atoms with E-state index in [0.29, 0.717) is 0 Å². The Morgan fingerprint density at radius 1 is 1.35 bits per heavy atom. The second-order valence-corrected chi connectivity index (χ2v) is 5.55. The second-order valence-electron chi connectivity index (χ2n) is 4.73. The van der Waals surface area contributed by atoms with Crippen molar-refractivity contribution in [3.8, 4) is 0 Å². The minimum Gasteiger partial charge on any atom is -0.507 e. The number of carbonyl (C=O) groups is 1. The molecule has 5 nitrogen and oxygen atoms in total. The highest BCUT2D eigenvalue weighted by Crippen LogP contribution is 2.28. The highest BCUT2D eigenvalue weighted by molar-refractivity contribution is 6.43. The Morgan fingerprint density at radius 2 is 1.91 bits per heavy atom. The van der Waals surface area contributed by atoms with Gasteiger partial charge in [0.15, 0.2) is 0 Å². The van der Waals surface area contributed by atoms with Crippen LogP contribution in [0, 0.1) is 5.41 Å². The van der Waals surface area contributed by atoms with Crippen LogP contribution < -0.4 is 0 Å². The Kier molecular flexibility index (Phi) is 7.13. The third-order valence-corrected chi connectivity index (χ3v) is 3.36. The van der Waals surface area contributed by atoms with Crippen LogP contribution in [-0.2, 0) is 9.53 Å². The van der Waals surface area contributed by atoms with E-state index in [2.05, 4.69) is 0 Å². The fraction of sp³-hybridized carbons (Fsp3) is 0.250. The van der Waals surface area contributed by atoms with Crippen LogP contribution in [0.3, 0.4) is 0 Å². The molecule has 23 heavy (non-hydrogen) atoms. The first-order valence-corrected chi connectivity index (χ1v) is 7.53. The highest BCUT2D eigenvalue weighted by atomic mass is 35.5. The molecule has 0 fully saturated rings. The molecular weight excluding hydrogens is 339 g/mol. The van der Waals surface area contributed by atoms with E-state index in [9.17, 15) is 9.90 Å². The topological polar surface area (TPSA) is 73.6 Å². The van der Waals surface area contributed by atoms with Gasteiger partial charge in [0.25, 0.3) is 0 Å². The third kappa shape index (κ3) is 5.01. The van der Waals surface area contributed by atoms with Crippen molar-refractivity contribution in [2.24, 2.45) is 0 Å². The van der Waals surface area contributed by atoms with Crippen molar-refractivity contribution >= 4 is 34.9 Å². The van der Waals surface area contributed by atoms with Crippen LogP contribution in [0.25, 0.3) is 0 Å². The van der Waals surface area contributed by atoms with Crippen molar-refractivity contribution in [3.05, 3.63) is 57.4 Å². The Bertz CT molecular complexity index is 647. The van der Waals surface area contributed by atoms with E-state index < -0.39 is 11.7 Å². The van der Waals surface area contributed by atoms with Crippen LogP contribution in [0.1, 0.15) is 12.5 Å². The van der Waals surface area contributed by atoms with Crippen molar-refractivity contribution in [3.63, 3.8) is 0 Å². The Morgan fingerprint density at radius 3 is 2.39 bits per heavy atom. The molecule has 0 saturated carbocycles. The first kappa shape index (κ1) is 19.1. The zero-order valence-corrected chi connectivity index (χ0v) is 14.6. The van der Waals surface area contributed by atoms with Crippen LogP contribution in [0.15, 0.2) is 41.8 Å². The number of aliphatic hydroxyl groups excluding tert-OH is 1. The lowest BCUT2D eigenvalue weighted by Crippen LogP contribution is -2.19. The number of hydrogen-bond acceptors (Lipinski definition) is 5. The molecule has 1 rings (SSSR count). The summed E-state index contributed by atoms with van der Waals surface area (Å²) in [7, 11) is 3.51. The molecule has 0 aliphatic rings. The molecule has 0 amide bonds. The molecule has 0 unspecified atom stereocenters. The number of esters is 1. The number of hydrogen-bond donors (Lipinski definition) is 2. The van der Waals surface area contributed by atoms with E-state index >= 15 is 0 Å². The van der Waals surface area contributed by atoms with Crippen molar-refractivity contribution in [1.29, 1.82) is 5.41 Å². The summed E-state index contributed by atoms with van der Waals surface area (Å²) in [4.78, 5) is 13.8. The molecular formula is C16H18Cl2N2O3. The van der Waals surface area contributed by atoms with Crippen LogP contribution in [0.2, 0.25) is 10.0 Å². The molecule has 0 bridgehead atoms. The fourth-order valence-corrected chi connectivity index (χ4v) is 2.29. The van der Waals surface area contributed by atoms with Crippen molar-refractivity contribution in [2.75, 3.05) is 20.7 Å². The minimum atomic E-state index is -0.825. The largest absolute Gasteiger partial charge is 0.507 e. The normalized spacial score (nSPS) is 12.0. The second kappa shape index (κ2) is 8.60. The van der Waals surface area contributed by atoms with Gasteiger partial charge in [-0.2, -0.15) is 0 Å². The molecule has 7 heteroatoms. The monoisotopic (exact) mass is 356 g/mol. The molecule has 1 aromatic rings. The first-order chi connectivity index (χ1) is 10.8. The van der Waals surface area contributed by atoms with Gasteiger partial charge >= 0.3 is 5.97 Å². The standard InChI is InChI=1S/C16H18Cl2N2O3/c1-4-23-16(22)14(12(21)8-9-20(2)3)15(19)13-10(17)6-5-7-11(13)18/h5-9,19,21H,4H2,1-3H3/b9-8+,14-12+,19-15?. The fourth-order valence-electron chi connectivity index (χ4n) is 1.70. The van der Waals surface area contributed by atoms with Crippen molar-refractivity contribution < 1.29 is 14.6 Å². The molecule has 0 atom stereocenters. The Labute approximate surface area is 145 Å². The summed E-state index contributed by atoms with van der Waals surface area (Å²) < 4.78 is 4.92. The summed E-state index contributed by atoms with van der Waals surface area (Å²) in [5.74, 6) is -1.23. The van der Waals surface area contributed by atoms with Gasteiger partial charge in [0.05, 0.1) is 22.4 Å². The molecule has 0 heterocycles. The van der Waals surface area contributed by atoms with Gasteiger partial charge in [0.2, 0.25) is 0 Å².